The molecule has 1 N–H and O–H groups in total. The van der Waals surface area contributed by atoms with Crippen molar-refractivity contribution in [3.05, 3.63) is 60.2 Å². The van der Waals surface area contributed by atoms with Gasteiger partial charge in [0.05, 0.1) is 11.4 Å². The summed E-state index contributed by atoms with van der Waals surface area (Å²) in [5, 5.41) is 2.61. The summed E-state index contributed by atoms with van der Waals surface area (Å²) in [4.78, 5) is 25.0. The quantitative estimate of drug-likeness (QED) is 0.471. The third kappa shape index (κ3) is 5.25. The van der Waals surface area contributed by atoms with E-state index in [1.807, 2.05) is 31.2 Å². The molecule has 0 radical (unpaired) electrons. The molecule has 3 rings (SSSR count). The Kier molecular flexibility index (Phi) is 7.33. The van der Waals surface area contributed by atoms with Gasteiger partial charge in [-0.3, -0.25) is 9.59 Å². The topological polar surface area (TPSA) is 98.8 Å². The summed E-state index contributed by atoms with van der Waals surface area (Å²) >= 11 is 0. The molecule has 31 heavy (non-hydrogen) atoms. The number of aryl methyl sites for hydroxylation is 1. The van der Waals surface area contributed by atoms with Gasteiger partial charge in [0.2, 0.25) is 0 Å². The summed E-state index contributed by atoms with van der Waals surface area (Å²) < 4.78 is 35.5. The number of carbonyl (C=O) groups excluding carboxylic acids is 2. The molecule has 2 aromatic carbocycles. The van der Waals surface area contributed by atoms with Crippen LogP contribution in [0.5, 0.6) is 5.75 Å². The minimum atomic E-state index is -3.93. The highest BCUT2D eigenvalue weighted by atomic mass is 32.2. The number of nitrogens with one attached hydrogen (secondary N) is 1. The lowest BCUT2D eigenvalue weighted by Crippen LogP contribution is -2.46. The Morgan fingerprint density at radius 1 is 1.03 bits per heavy atom. The molecule has 1 aliphatic rings. The Morgan fingerprint density at radius 3 is 2.42 bits per heavy atom. The van der Waals surface area contributed by atoms with Crippen LogP contribution in [0, 0.1) is 6.92 Å². The zero-order valence-corrected chi connectivity index (χ0v) is 18.3. The van der Waals surface area contributed by atoms with Crippen LogP contribution in [0.25, 0.3) is 0 Å². The van der Waals surface area contributed by atoms with Gasteiger partial charge in [-0.25, -0.2) is 8.42 Å². The van der Waals surface area contributed by atoms with Crippen molar-refractivity contribution in [1.82, 2.24) is 5.32 Å². The van der Waals surface area contributed by atoms with Crippen LogP contribution >= 0.6 is 0 Å². The van der Waals surface area contributed by atoms with Gasteiger partial charge in [-0.05, 0) is 49.6 Å². The SMILES string of the molecule is Cc1cccc(OCCNC(=O)COC(=O)C2(S(=O)(=O)c3ccccc3)CCCC2)c1. The normalized spacial score (nSPS) is 15.3. The number of carbonyl (C=O) groups is 2. The monoisotopic (exact) mass is 445 g/mol. The van der Waals surface area contributed by atoms with Gasteiger partial charge in [0, 0.05) is 0 Å². The highest BCUT2D eigenvalue weighted by Gasteiger charge is 2.54. The zero-order chi connectivity index (χ0) is 22.3. The standard InChI is InChI=1S/C23H27NO6S/c1-18-8-7-9-19(16-18)29-15-14-24-21(25)17-30-22(26)23(12-5-6-13-23)31(27,28)20-10-3-2-4-11-20/h2-4,7-11,16H,5-6,12-15,17H2,1H3,(H,24,25). The minimum absolute atomic E-state index is 0.0894. The molecule has 0 aliphatic heterocycles. The van der Waals surface area contributed by atoms with Crippen LogP contribution in [0.4, 0.5) is 0 Å². The first kappa shape index (κ1) is 22.8. The predicted molar refractivity (Wildman–Crippen MR) is 115 cm³/mol. The molecule has 0 aromatic heterocycles. The second kappa shape index (κ2) is 9.96. The van der Waals surface area contributed by atoms with Crippen LogP contribution in [-0.2, 0) is 24.2 Å². The summed E-state index contributed by atoms with van der Waals surface area (Å²) in [6.45, 7) is 1.92. The van der Waals surface area contributed by atoms with E-state index < -0.39 is 33.1 Å². The average Bonchev–Trinajstić information content (AvgIpc) is 3.28. The van der Waals surface area contributed by atoms with Crippen molar-refractivity contribution in [2.24, 2.45) is 0 Å². The number of ether oxygens (including phenoxy) is 2. The second-order valence-corrected chi connectivity index (χ2v) is 9.87. The Morgan fingerprint density at radius 2 is 1.74 bits per heavy atom. The molecule has 8 heteroatoms. The first-order valence-electron chi connectivity index (χ1n) is 10.3. The molecule has 0 saturated heterocycles. The third-order valence-electron chi connectivity index (χ3n) is 5.37. The first-order valence-corrected chi connectivity index (χ1v) is 11.8. The number of hydrogen-bond donors (Lipinski definition) is 1. The Hall–Kier alpha value is -2.87. The molecule has 1 saturated carbocycles. The molecule has 0 atom stereocenters. The molecule has 0 unspecified atom stereocenters. The van der Waals surface area contributed by atoms with Crippen LogP contribution in [-0.4, -0.2) is 44.8 Å². The lowest BCUT2D eigenvalue weighted by Gasteiger charge is -2.26. The van der Waals surface area contributed by atoms with Crippen LogP contribution in [0.3, 0.4) is 0 Å². The van der Waals surface area contributed by atoms with E-state index in [9.17, 15) is 18.0 Å². The molecule has 0 spiro atoms. The highest BCUT2D eigenvalue weighted by molar-refractivity contribution is 7.93. The fourth-order valence-electron chi connectivity index (χ4n) is 3.73. The van der Waals surface area contributed by atoms with Gasteiger partial charge in [0.15, 0.2) is 21.2 Å². The lowest BCUT2D eigenvalue weighted by atomic mass is 10.1. The van der Waals surface area contributed by atoms with Crippen LogP contribution in [0.2, 0.25) is 0 Å². The second-order valence-electron chi connectivity index (χ2n) is 7.61. The molecule has 7 nitrogen and oxygen atoms in total. The maximum atomic E-state index is 13.2. The lowest BCUT2D eigenvalue weighted by molar-refractivity contribution is -0.151. The summed E-state index contributed by atoms with van der Waals surface area (Å²) in [7, 11) is -3.93. The van der Waals surface area contributed by atoms with Gasteiger partial charge in [0.1, 0.15) is 12.4 Å². The van der Waals surface area contributed by atoms with Crippen LogP contribution in [0.1, 0.15) is 31.2 Å². The van der Waals surface area contributed by atoms with E-state index >= 15 is 0 Å². The largest absolute Gasteiger partial charge is 0.492 e. The average molecular weight is 446 g/mol. The predicted octanol–water partition coefficient (Wildman–Crippen LogP) is 2.82. The van der Waals surface area contributed by atoms with Crippen LogP contribution < -0.4 is 10.1 Å². The number of rotatable bonds is 9. The zero-order valence-electron chi connectivity index (χ0n) is 17.5. The molecular weight excluding hydrogens is 418 g/mol. The van der Waals surface area contributed by atoms with E-state index in [1.165, 1.54) is 12.1 Å². The van der Waals surface area contributed by atoms with E-state index in [1.54, 1.807) is 18.2 Å². The van der Waals surface area contributed by atoms with Crippen LogP contribution in [0.15, 0.2) is 59.5 Å². The minimum Gasteiger partial charge on any atom is -0.492 e. The van der Waals surface area contributed by atoms with Gasteiger partial charge in [0.25, 0.3) is 5.91 Å². The summed E-state index contributed by atoms with van der Waals surface area (Å²) in [6.07, 6.45) is 1.61. The fraction of sp³-hybridized carbons (Fsp3) is 0.391. The molecule has 1 fully saturated rings. The molecule has 1 aliphatic carbocycles. The van der Waals surface area contributed by atoms with Gasteiger partial charge in [-0.1, -0.05) is 43.2 Å². The molecular formula is C23H27NO6S. The molecule has 0 heterocycles. The van der Waals surface area contributed by atoms with Crippen molar-refractivity contribution < 1.29 is 27.5 Å². The highest BCUT2D eigenvalue weighted by Crippen LogP contribution is 2.41. The van der Waals surface area contributed by atoms with Crippen molar-refractivity contribution in [3.63, 3.8) is 0 Å². The summed E-state index contributed by atoms with van der Waals surface area (Å²) in [6, 6.07) is 15.4. The number of benzene rings is 2. The van der Waals surface area contributed by atoms with Crippen molar-refractivity contribution in [2.45, 2.75) is 42.2 Å². The van der Waals surface area contributed by atoms with Crippen molar-refractivity contribution in [1.29, 1.82) is 0 Å². The Balaban J connectivity index is 1.53. The number of amides is 1. The van der Waals surface area contributed by atoms with E-state index in [0.717, 1.165) is 5.56 Å². The third-order valence-corrected chi connectivity index (χ3v) is 7.86. The van der Waals surface area contributed by atoms with Crippen molar-refractivity contribution >= 4 is 21.7 Å². The van der Waals surface area contributed by atoms with E-state index in [4.69, 9.17) is 9.47 Å². The van der Waals surface area contributed by atoms with E-state index in [-0.39, 0.29) is 30.9 Å². The van der Waals surface area contributed by atoms with Crippen molar-refractivity contribution in [3.8, 4) is 5.75 Å². The first-order chi connectivity index (χ1) is 14.8. The number of sulfone groups is 1. The number of esters is 1. The van der Waals surface area contributed by atoms with Gasteiger partial charge < -0.3 is 14.8 Å². The fourth-order valence-corrected chi connectivity index (χ4v) is 5.80. The van der Waals surface area contributed by atoms with Gasteiger partial charge in [-0.15, -0.1) is 0 Å². The van der Waals surface area contributed by atoms with E-state index in [0.29, 0.717) is 18.6 Å². The summed E-state index contributed by atoms with van der Waals surface area (Å²) in [5.74, 6) is -0.665. The van der Waals surface area contributed by atoms with Crippen molar-refractivity contribution in [2.75, 3.05) is 19.8 Å². The van der Waals surface area contributed by atoms with Gasteiger partial charge in [-0.2, -0.15) is 0 Å². The van der Waals surface area contributed by atoms with Gasteiger partial charge >= 0.3 is 5.97 Å². The Bertz CT molecular complexity index is 1010. The maximum Gasteiger partial charge on any atom is 0.328 e. The summed E-state index contributed by atoms with van der Waals surface area (Å²) in [5.41, 5.74) is 1.07. The van der Waals surface area contributed by atoms with E-state index in [2.05, 4.69) is 5.32 Å². The maximum absolute atomic E-state index is 13.2. The smallest absolute Gasteiger partial charge is 0.328 e. The molecule has 1 amide bonds. The molecule has 0 bridgehead atoms. The Labute approximate surface area is 182 Å². The number of hydrogen-bond acceptors (Lipinski definition) is 6. The molecule has 166 valence electrons. The molecule has 2 aromatic rings.